The Morgan fingerprint density at radius 2 is 1.82 bits per heavy atom. The standard InChI is InChI=1S/C19H16N2O5S2/c1-20-18(22)17(28-19(20)27)12-13-4-2-3-5-16(13)26-11-10-25-15-8-6-14(7-9-15)21(23)24/h2-9,12H,10-11H2,1H3/b17-12+. The number of hydrogen-bond acceptors (Lipinski definition) is 7. The van der Waals surface area contributed by atoms with E-state index in [4.69, 9.17) is 21.7 Å². The van der Waals surface area contributed by atoms with Gasteiger partial charge in [0.25, 0.3) is 11.6 Å². The van der Waals surface area contributed by atoms with Gasteiger partial charge in [-0.05, 0) is 24.3 Å². The first-order chi connectivity index (χ1) is 13.5. The number of thioether (sulfide) groups is 1. The zero-order valence-corrected chi connectivity index (χ0v) is 16.5. The predicted molar refractivity (Wildman–Crippen MR) is 111 cm³/mol. The predicted octanol–water partition coefficient (Wildman–Crippen LogP) is 3.88. The van der Waals surface area contributed by atoms with Crippen molar-refractivity contribution >= 4 is 46.0 Å². The molecule has 1 amide bonds. The summed E-state index contributed by atoms with van der Waals surface area (Å²) in [6.07, 6.45) is 1.76. The molecule has 2 aromatic rings. The maximum absolute atomic E-state index is 12.2. The fourth-order valence-electron chi connectivity index (χ4n) is 2.39. The smallest absolute Gasteiger partial charge is 0.269 e. The molecular formula is C19H16N2O5S2. The lowest BCUT2D eigenvalue weighted by molar-refractivity contribution is -0.384. The fraction of sp³-hybridized carbons (Fsp3) is 0.158. The van der Waals surface area contributed by atoms with Gasteiger partial charge in [0.1, 0.15) is 29.0 Å². The summed E-state index contributed by atoms with van der Waals surface area (Å²) in [6.45, 7) is 0.541. The third-order valence-electron chi connectivity index (χ3n) is 3.85. The summed E-state index contributed by atoms with van der Waals surface area (Å²) in [5, 5.41) is 10.6. The Morgan fingerprint density at radius 1 is 1.14 bits per heavy atom. The minimum absolute atomic E-state index is 0.00928. The summed E-state index contributed by atoms with van der Waals surface area (Å²) in [4.78, 5) is 24.3. The van der Waals surface area contributed by atoms with E-state index >= 15 is 0 Å². The molecule has 0 aromatic heterocycles. The van der Waals surface area contributed by atoms with Crippen LogP contribution in [-0.2, 0) is 4.79 Å². The molecule has 2 aromatic carbocycles. The number of carbonyl (C=O) groups excluding carboxylic acids is 1. The minimum Gasteiger partial charge on any atom is -0.490 e. The van der Waals surface area contributed by atoms with Crippen LogP contribution in [0.25, 0.3) is 6.08 Å². The number of carbonyl (C=O) groups is 1. The molecular weight excluding hydrogens is 400 g/mol. The van der Waals surface area contributed by atoms with Crippen LogP contribution in [0, 0.1) is 10.1 Å². The molecule has 0 radical (unpaired) electrons. The summed E-state index contributed by atoms with van der Waals surface area (Å²) < 4.78 is 11.8. The first kappa shape index (κ1) is 19.8. The van der Waals surface area contributed by atoms with Crippen LogP contribution < -0.4 is 9.47 Å². The van der Waals surface area contributed by atoms with Crippen LogP contribution in [0.3, 0.4) is 0 Å². The van der Waals surface area contributed by atoms with Crippen molar-refractivity contribution < 1.29 is 19.2 Å². The Morgan fingerprint density at radius 3 is 2.46 bits per heavy atom. The van der Waals surface area contributed by atoms with E-state index < -0.39 is 4.92 Å². The van der Waals surface area contributed by atoms with Crippen molar-refractivity contribution in [1.29, 1.82) is 0 Å². The van der Waals surface area contributed by atoms with Gasteiger partial charge in [-0.2, -0.15) is 0 Å². The van der Waals surface area contributed by atoms with Crippen molar-refractivity contribution in [3.8, 4) is 11.5 Å². The van der Waals surface area contributed by atoms with Crippen LogP contribution in [0.4, 0.5) is 5.69 Å². The maximum atomic E-state index is 12.2. The molecule has 144 valence electrons. The molecule has 0 bridgehead atoms. The van der Waals surface area contributed by atoms with Gasteiger partial charge < -0.3 is 9.47 Å². The van der Waals surface area contributed by atoms with Crippen molar-refractivity contribution in [2.24, 2.45) is 0 Å². The van der Waals surface area contributed by atoms with E-state index in [1.165, 1.54) is 28.8 Å². The second kappa shape index (κ2) is 8.85. The molecule has 3 rings (SSSR count). The summed E-state index contributed by atoms with van der Waals surface area (Å²) in [5.74, 6) is 1.01. The Labute approximate surface area is 171 Å². The van der Waals surface area contributed by atoms with Crippen LogP contribution in [0.2, 0.25) is 0 Å². The third-order valence-corrected chi connectivity index (χ3v) is 5.33. The van der Waals surface area contributed by atoms with E-state index in [1.54, 1.807) is 25.3 Å². The Bertz CT molecular complexity index is 944. The number of non-ortho nitro benzene ring substituents is 1. The monoisotopic (exact) mass is 416 g/mol. The van der Waals surface area contributed by atoms with E-state index in [1.807, 2.05) is 24.3 Å². The summed E-state index contributed by atoms with van der Waals surface area (Å²) in [5.41, 5.74) is 0.779. The molecule has 0 saturated carbocycles. The average Bonchev–Trinajstić information content (AvgIpc) is 2.93. The highest BCUT2D eigenvalue weighted by molar-refractivity contribution is 8.26. The number of amides is 1. The highest BCUT2D eigenvalue weighted by atomic mass is 32.2. The molecule has 1 heterocycles. The van der Waals surface area contributed by atoms with Crippen LogP contribution in [-0.4, -0.2) is 40.3 Å². The Balaban J connectivity index is 1.59. The molecule has 0 unspecified atom stereocenters. The first-order valence-corrected chi connectivity index (χ1v) is 9.49. The molecule has 1 aliphatic heterocycles. The van der Waals surface area contributed by atoms with Gasteiger partial charge in [0.15, 0.2) is 0 Å². The second-order valence-electron chi connectivity index (χ2n) is 5.73. The van der Waals surface area contributed by atoms with Crippen molar-refractivity contribution in [2.45, 2.75) is 0 Å². The van der Waals surface area contributed by atoms with E-state index in [2.05, 4.69) is 0 Å². The minimum atomic E-state index is -0.462. The van der Waals surface area contributed by atoms with E-state index in [9.17, 15) is 14.9 Å². The van der Waals surface area contributed by atoms with Crippen molar-refractivity contribution in [2.75, 3.05) is 20.3 Å². The summed E-state index contributed by atoms with van der Waals surface area (Å²) >= 11 is 6.40. The summed E-state index contributed by atoms with van der Waals surface area (Å²) in [7, 11) is 1.65. The van der Waals surface area contributed by atoms with Gasteiger partial charge >= 0.3 is 0 Å². The SMILES string of the molecule is CN1C(=O)/C(=C\c2ccccc2OCCOc2ccc([N+](=O)[O-])cc2)SC1=S. The van der Waals surface area contributed by atoms with Crippen molar-refractivity contribution in [3.63, 3.8) is 0 Å². The number of hydrogen-bond donors (Lipinski definition) is 0. The zero-order valence-electron chi connectivity index (χ0n) is 14.9. The van der Waals surface area contributed by atoms with Gasteiger partial charge in [-0.1, -0.05) is 42.2 Å². The number of para-hydroxylation sites is 1. The van der Waals surface area contributed by atoms with Crippen molar-refractivity contribution in [3.05, 3.63) is 69.1 Å². The van der Waals surface area contributed by atoms with E-state index in [0.717, 1.165) is 5.56 Å². The molecule has 1 aliphatic rings. The molecule has 0 aliphatic carbocycles. The van der Waals surface area contributed by atoms with E-state index in [0.29, 0.717) is 20.7 Å². The van der Waals surface area contributed by atoms with Crippen molar-refractivity contribution in [1.82, 2.24) is 4.90 Å². The number of nitrogens with zero attached hydrogens (tertiary/aromatic N) is 2. The van der Waals surface area contributed by atoms with Crippen LogP contribution >= 0.6 is 24.0 Å². The average molecular weight is 416 g/mol. The number of nitro groups is 1. The van der Waals surface area contributed by atoms with E-state index in [-0.39, 0.29) is 24.8 Å². The molecule has 7 nitrogen and oxygen atoms in total. The molecule has 0 N–H and O–H groups in total. The number of nitro benzene ring substituents is 1. The largest absolute Gasteiger partial charge is 0.490 e. The van der Waals surface area contributed by atoms with Gasteiger partial charge in [0.2, 0.25) is 0 Å². The van der Waals surface area contributed by atoms with Gasteiger partial charge in [-0.3, -0.25) is 19.8 Å². The number of ether oxygens (including phenoxy) is 2. The molecule has 9 heteroatoms. The molecule has 0 spiro atoms. The zero-order chi connectivity index (χ0) is 20.1. The number of thiocarbonyl (C=S) groups is 1. The first-order valence-electron chi connectivity index (χ1n) is 8.26. The Hall–Kier alpha value is -2.91. The second-order valence-corrected chi connectivity index (χ2v) is 7.40. The quantitative estimate of drug-likeness (QED) is 0.223. The lowest BCUT2D eigenvalue weighted by Crippen LogP contribution is -2.22. The lowest BCUT2D eigenvalue weighted by atomic mass is 10.2. The Kier molecular flexibility index (Phi) is 6.27. The highest BCUT2D eigenvalue weighted by Gasteiger charge is 2.28. The molecule has 1 fully saturated rings. The fourth-order valence-corrected chi connectivity index (χ4v) is 3.56. The number of rotatable bonds is 7. The van der Waals surface area contributed by atoms with Crippen LogP contribution in [0.15, 0.2) is 53.4 Å². The number of likely N-dealkylation sites (N-methyl/N-ethyl adjacent to an activating group) is 1. The van der Waals surface area contributed by atoms with Gasteiger partial charge in [-0.25, -0.2) is 0 Å². The third kappa shape index (κ3) is 4.68. The molecule has 28 heavy (non-hydrogen) atoms. The number of benzene rings is 2. The highest BCUT2D eigenvalue weighted by Crippen LogP contribution is 2.33. The summed E-state index contributed by atoms with van der Waals surface area (Å²) in [6, 6.07) is 13.2. The maximum Gasteiger partial charge on any atom is 0.269 e. The van der Waals surface area contributed by atoms with Crippen LogP contribution in [0.1, 0.15) is 5.56 Å². The van der Waals surface area contributed by atoms with Crippen LogP contribution in [0.5, 0.6) is 11.5 Å². The topological polar surface area (TPSA) is 81.9 Å². The van der Waals surface area contributed by atoms with Gasteiger partial charge in [0, 0.05) is 24.7 Å². The molecule has 1 saturated heterocycles. The normalized spacial score (nSPS) is 15.2. The lowest BCUT2D eigenvalue weighted by Gasteiger charge is -2.10. The molecule has 0 atom stereocenters. The van der Waals surface area contributed by atoms with Gasteiger partial charge in [-0.15, -0.1) is 0 Å². The van der Waals surface area contributed by atoms with Gasteiger partial charge in [0.05, 0.1) is 9.83 Å².